The standard InChI is InChI=1S/C16H15N3O/c1-10-6-2-3-7-11(10)14-12-8-4-5-9-13(12)18-16(20)15(17)19-14/h2-9,15H,17H2,1H3,(H,18,20). The molecule has 4 nitrogen and oxygen atoms in total. The third-order valence-electron chi connectivity index (χ3n) is 3.38. The average molecular weight is 265 g/mol. The van der Waals surface area contributed by atoms with Gasteiger partial charge in [-0.1, -0.05) is 42.5 Å². The van der Waals surface area contributed by atoms with Crippen LogP contribution in [-0.4, -0.2) is 17.8 Å². The van der Waals surface area contributed by atoms with Gasteiger partial charge in [0.05, 0.1) is 11.4 Å². The third kappa shape index (κ3) is 2.10. The second-order valence-corrected chi connectivity index (χ2v) is 4.77. The summed E-state index contributed by atoms with van der Waals surface area (Å²) < 4.78 is 0. The van der Waals surface area contributed by atoms with Gasteiger partial charge in [-0.25, -0.2) is 0 Å². The predicted octanol–water partition coefficient (Wildman–Crippen LogP) is 2.07. The van der Waals surface area contributed by atoms with E-state index in [1.54, 1.807) is 0 Å². The quantitative estimate of drug-likeness (QED) is 0.828. The van der Waals surface area contributed by atoms with Gasteiger partial charge in [-0.2, -0.15) is 0 Å². The van der Waals surface area contributed by atoms with E-state index in [9.17, 15) is 4.79 Å². The van der Waals surface area contributed by atoms with Crippen molar-refractivity contribution in [1.29, 1.82) is 0 Å². The van der Waals surface area contributed by atoms with Crippen molar-refractivity contribution in [2.24, 2.45) is 10.7 Å². The number of nitrogens with zero attached hydrogens (tertiary/aromatic N) is 1. The van der Waals surface area contributed by atoms with Crippen molar-refractivity contribution in [3.63, 3.8) is 0 Å². The Labute approximate surface area is 117 Å². The highest BCUT2D eigenvalue weighted by Gasteiger charge is 2.23. The molecule has 0 bridgehead atoms. The van der Waals surface area contributed by atoms with Gasteiger partial charge in [-0.15, -0.1) is 0 Å². The molecule has 100 valence electrons. The lowest BCUT2D eigenvalue weighted by molar-refractivity contribution is -0.117. The summed E-state index contributed by atoms with van der Waals surface area (Å²) in [6.45, 7) is 2.02. The molecule has 4 heteroatoms. The molecule has 1 heterocycles. The van der Waals surface area contributed by atoms with E-state index in [0.29, 0.717) is 0 Å². The maximum Gasteiger partial charge on any atom is 0.263 e. The van der Waals surface area contributed by atoms with E-state index in [4.69, 9.17) is 5.73 Å². The summed E-state index contributed by atoms with van der Waals surface area (Å²) in [5.74, 6) is -0.291. The second kappa shape index (κ2) is 4.90. The predicted molar refractivity (Wildman–Crippen MR) is 79.9 cm³/mol. The van der Waals surface area contributed by atoms with Gasteiger partial charge >= 0.3 is 0 Å². The molecule has 0 aromatic heterocycles. The van der Waals surface area contributed by atoms with E-state index < -0.39 is 6.17 Å². The number of fused-ring (bicyclic) bond motifs is 1. The van der Waals surface area contributed by atoms with Gasteiger partial charge in [0.15, 0.2) is 6.17 Å². The van der Waals surface area contributed by atoms with Crippen molar-refractivity contribution in [2.45, 2.75) is 13.1 Å². The Morgan fingerprint density at radius 1 is 1.05 bits per heavy atom. The van der Waals surface area contributed by atoms with Crippen LogP contribution >= 0.6 is 0 Å². The Hall–Kier alpha value is -2.46. The Kier molecular flexibility index (Phi) is 3.08. The number of para-hydroxylation sites is 1. The van der Waals surface area contributed by atoms with Crippen LogP contribution in [0.3, 0.4) is 0 Å². The monoisotopic (exact) mass is 265 g/mol. The molecule has 1 aliphatic heterocycles. The lowest BCUT2D eigenvalue weighted by Gasteiger charge is -2.11. The van der Waals surface area contributed by atoms with E-state index >= 15 is 0 Å². The number of aryl methyl sites for hydroxylation is 1. The molecule has 0 saturated carbocycles. The summed E-state index contributed by atoms with van der Waals surface area (Å²) in [6.07, 6.45) is -0.892. The molecule has 0 fully saturated rings. The van der Waals surface area contributed by atoms with Crippen molar-refractivity contribution >= 4 is 17.3 Å². The molecule has 20 heavy (non-hydrogen) atoms. The van der Waals surface area contributed by atoms with Crippen molar-refractivity contribution in [3.05, 3.63) is 65.2 Å². The smallest absolute Gasteiger partial charge is 0.263 e. The van der Waals surface area contributed by atoms with E-state index in [-0.39, 0.29) is 5.91 Å². The van der Waals surface area contributed by atoms with Crippen molar-refractivity contribution < 1.29 is 4.79 Å². The summed E-state index contributed by atoms with van der Waals surface area (Å²) >= 11 is 0. The summed E-state index contributed by atoms with van der Waals surface area (Å²) in [4.78, 5) is 16.3. The van der Waals surface area contributed by atoms with Crippen LogP contribution in [-0.2, 0) is 4.79 Å². The summed E-state index contributed by atoms with van der Waals surface area (Å²) in [7, 11) is 0. The van der Waals surface area contributed by atoms with Gasteiger partial charge < -0.3 is 11.1 Å². The topological polar surface area (TPSA) is 67.5 Å². The maximum absolute atomic E-state index is 11.9. The van der Waals surface area contributed by atoms with Crippen molar-refractivity contribution in [1.82, 2.24) is 0 Å². The molecule has 1 aliphatic rings. The zero-order valence-corrected chi connectivity index (χ0v) is 11.1. The number of benzene rings is 2. The number of nitrogens with one attached hydrogen (secondary N) is 1. The fourth-order valence-electron chi connectivity index (χ4n) is 2.33. The first-order chi connectivity index (χ1) is 9.66. The zero-order valence-electron chi connectivity index (χ0n) is 11.1. The lowest BCUT2D eigenvalue weighted by Crippen LogP contribution is -2.33. The molecule has 2 aromatic rings. The molecule has 2 aromatic carbocycles. The first-order valence-corrected chi connectivity index (χ1v) is 6.46. The second-order valence-electron chi connectivity index (χ2n) is 4.77. The molecular formula is C16H15N3O. The first kappa shape index (κ1) is 12.6. The number of carbonyl (C=O) groups is 1. The fraction of sp³-hybridized carbons (Fsp3) is 0.125. The summed E-state index contributed by atoms with van der Waals surface area (Å²) in [5, 5.41) is 2.81. The van der Waals surface area contributed by atoms with Crippen LogP contribution in [0.2, 0.25) is 0 Å². The van der Waals surface area contributed by atoms with Gasteiger partial charge in [0.1, 0.15) is 0 Å². The highest BCUT2D eigenvalue weighted by Crippen LogP contribution is 2.24. The van der Waals surface area contributed by atoms with Crippen LogP contribution in [0.4, 0.5) is 5.69 Å². The number of benzodiazepines with no additional fused rings is 1. The minimum absolute atomic E-state index is 0.291. The molecule has 0 saturated heterocycles. The summed E-state index contributed by atoms with van der Waals surface area (Å²) in [6, 6.07) is 15.6. The molecule has 3 N–H and O–H groups in total. The van der Waals surface area contributed by atoms with Gasteiger partial charge in [-0.3, -0.25) is 9.79 Å². The number of aliphatic imine (C=N–C) groups is 1. The Balaban J connectivity index is 2.25. The van der Waals surface area contributed by atoms with Crippen LogP contribution in [0.15, 0.2) is 53.5 Å². The summed E-state index contributed by atoms with van der Waals surface area (Å²) in [5.41, 5.74) is 10.3. The van der Waals surface area contributed by atoms with Crippen LogP contribution in [0.1, 0.15) is 16.7 Å². The van der Waals surface area contributed by atoms with Gasteiger partial charge in [0, 0.05) is 11.1 Å². The number of amides is 1. The van der Waals surface area contributed by atoms with E-state index in [1.165, 1.54) is 0 Å². The Morgan fingerprint density at radius 3 is 2.45 bits per heavy atom. The molecule has 0 aliphatic carbocycles. The third-order valence-corrected chi connectivity index (χ3v) is 3.38. The van der Waals surface area contributed by atoms with E-state index in [0.717, 1.165) is 28.1 Å². The number of hydrogen-bond acceptors (Lipinski definition) is 3. The zero-order chi connectivity index (χ0) is 14.1. The van der Waals surface area contributed by atoms with Crippen LogP contribution < -0.4 is 11.1 Å². The first-order valence-electron chi connectivity index (χ1n) is 6.46. The maximum atomic E-state index is 11.9. The molecule has 0 radical (unpaired) electrons. The molecule has 1 atom stereocenters. The van der Waals surface area contributed by atoms with Crippen LogP contribution in [0, 0.1) is 6.92 Å². The van der Waals surface area contributed by atoms with Gasteiger partial charge in [-0.05, 0) is 18.6 Å². The minimum atomic E-state index is -0.892. The number of carbonyl (C=O) groups excluding carboxylic acids is 1. The average Bonchev–Trinajstić information content (AvgIpc) is 2.57. The number of rotatable bonds is 1. The van der Waals surface area contributed by atoms with Crippen molar-refractivity contribution in [2.75, 3.05) is 5.32 Å². The molecule has 1 unspecified atom stereocenters. The number of anilines is 1. The molecular weight excluding hydrogens is 250 g/mol. The van der Waals surface area contributed by atoms with E-state index in [1.807, 2.05) is 55.5 Å². The Bertz CT molecular complexity index is 706. The SMILES string of the molecule is Cc1ccccc1C1=NC(N)C(=O)Nc2ccccc21. The highest BCUT2D eigenvalue weighted by molar-refractivity contribution is 6.20. The van der Waals surface area contributed by atoms with Crippen LogP contribution in [0.5, 0.6) is 0 Å². The lowest BCUT2D eigenvalue weighted by atomic mass is 9.97. The van der Waals surface area contributed by atoms with Crippen molar-refractivity contribution in [3.8, 4) is 0 Å². The van der Waals surface area contributed by atoms with E-state index in [2.05, 4.69) is 10.3 Å². The van der Waals surface area contributed by atoms with Crippen LogP contribution in [0.25, 0.3) is 0 Å². The Morgan fingerprint density at radius 2 is 1.70 bits per heavy atom. The normalized spacial score (nSPS) is 17.8. The molecule has 3 rings (SSSR count). The van der Waals surface area contributed by atoms with Gasteiger partial charge in [0.2, 0.25) is 0 Å². The highest BCUT2D eigenvalue weighted by atomic mass is 16.2. The number of hydrogen-bond donors (Lipinski definition) is 2. The fourth-order valence-corrected chi connectivity index (χ4v) is 2.33. The number of nitrogens with two attached hydrogens (primary N) is 1. The largest absolute Gasteiger partial charge is 0.322 e. The minimum Gasteiger partial charge on any atom is -0.322 e. The van der Waals surface area contributed by atoms with Gasteiger partial charge in [0.25, 0.3) is 5.91 Å². The molecule has 1 amide bonds. The molecule has 0 spiro atoms.